The number of hydrogen-bond donors (Lipinski definition) is 1. The first-order chi connectivity index (χ1) is 8.88. The molecule has 0 radical (unpaired) electrons. The number of carbonyl (C=O) groups is 2. The molecule has 19 heavy (non-hydrogen) atoms. The summed E-state index contributed by atoms with van der Waals surface area (Å²) in [6.07, 6.45) is 0. The predicted molar refractivity (Wildman–Crippen MR) is 62.6 cm³/mol. The number of nitrogens with zero attached hydrogens (tertiary/aromatic N) is 1. The third-order valence-corrected chi connectivity index (χ3v) is 3.33. The Bertz CT molecular complexity index is 512. The lowest BCUT2D eigenvalue weighted by Crippen LogP contribution is -2.30. The second kappa shape index (κ2) is 4.95. The molecular weight excluding hydrogens is 256 g/mol. The Balaban J connectivity index is 2.19. The van der Waals surface area contributed by atoms with Crippen LogP contribution < -0.4 is 0 Å². The molecule has 6 heteroatoms. The summed E-state index contributed by atoms with van der Waals surface area (Å²) in [4.78, 5) is 24.3. The van der Waals surface area contributed by atoms with Crippen LogP contribution >= 0.6 is 0 Å². The Morgan fingerprint density at radius 3 is 2.26 bits per heavy atom. The second-order valence-corrected chi connectivity index (χ2v) is 4.79. The van der Waals surface area contributed by atoms with Crippen molar-refractivity contribution in [2.45, 2.75) is 6.92 Å². The van der Waals surface area contributed by atoms with Gasteiger partial charge in [0.2, 0.25) is 0 Å². The molecule has 0 spiro atoms. The van der Waals surface area contributed by atoms with Gasteiger partial charge in [-0.05, 0) is 18.1 Å². The van der Waals surface area contributed by atoms with Crippen LogP contribution in [0.5, 0.6) is 0 Å². The SMILES string of the molecule is C[C@@H]1CN(C(=O)c2cc(F)cc(F)c2)C[C@H]1C(=O)O. The monoisotopic (exact) mass is 269 g/mol. The normalized spacial score (nSPS) is 22.6. The van der Waals surface area contributed by atoms with E-state index in [0.29, 0.717) is 6.07 Å². The van der Waals surface area contributed by atoms with Crippen LogP contribution in [0.2, 0.25) is 0 Å². The maximum Gasteiger partial charge on any atom is 0.308 e. The fourth-order valence-corrected chi connectivity index (χ4v) is 2.31. The molecule has 1 aromatic carbocycles. The predicted octanol–water partition coefficient (Wildman–Crippen LogP) is 1.76. The fraction of sp³-hybridized carbons (Fsp3) is 0.385. The Labute approximate surface area is 108 Å². The van der Waals surface area contributed by atoms with E-state index in [1.165, 1.54) is 4.90 Å². The van der Waals surface area contributed by atoms with Crippen molar-refractivity contribution in [1.82, 2.24) is 4.90 Å². The van der Waals surface area contributed by atoms with Crippen molar-refractivity contribution in [3.8, 4) is 0 Å². The van der Waals surface area contributed by atoms with Gasteiger partial charge in [-0.3, -0.25) is 9.59 Å². The van der Waals surface area contributed by atoms with E-state index >= 15 is 0 Å². The zero-order valence-corrected chi connectivity index (χ0v) is 10.3. The summed E-state index contributed by atoms with van der Waals surface area (Å²) in [6.45, 7) is 2.07. The third kappa shape index (κ3) is 2.72. The largest absolute Gasteiger partial charge is 0.481 e. The number of hydrogen-bond acceptors (Lipinski definition) is 2. The Kier molecular flexibility index (Phi) is 3.50. The Hall–Kier alpha value is -1.98. The average molecular weight is 269 g/mol. The molecule has 102 valence electrons. The van der Waals surface area contributed by atoms with Crippen LogP contribution in [0, 0.1) is 23.5 Å². The third-order valence-electron chi connectivity index (χ3n) is 3.33. The van der Waals surface area contributed by atoms with Crippen LogP contribution in [-0.4, -0.2) is 35.0 Å². The van der Waals surface area contributed by atoms with Gasteiger partial charge < -0.3 is 10.0 Å². The molecule has 0 aromatic heterocycles. The maximum absolute atomic E-state index is 13.1. The van der Waals surface area contributed by atoms with E-state index in [-0.39, 0.29) is 24.6 Å². The molecule has 2 atom stereocenters. The minimum atomic E-state index is -0.965. The number of rotatable bonds is 2. The van der Waals surface area contributed by atoms with Gasteiger partial charge in [-0.15, -0.1) is 0 Å². The summed E-state index contributed by atoms with van der Waals surface area (Å²) >= 11 is 0. The van der Waals surface area contributed by atoms with Gasteiger partial charge in [0.1, 0.15) is 11.6 Å². The van der Waals surface area contributed by atoms with Crippen molar-refractivity contribution >= 4 is 11.9 Å². The first kappa shape index (κ1) is 13.5. The lowest BCUT2D eigenvalue weighted by atomic mass is 9.99. The summed E-state index contributed by atoms with van der Waals surface area (Å²) in [5.74, 6) is -3.99. The number of carbonyl (C=O) groups excluding carboxylic acids is 1. The van der Waals surface area contributed by atoms with Gasteiger partial charge in [-0.25, -0.2) is 8.78 Å². The molecule has 1 saturated heterocycles. The molecule has 1 aliphatic heterocycles. The zero-order chi connectivity index (χ0) is 14.2. The van der Waals surface area contributed by atoms with Crippen LogP contribution in [-0.2, 0) is 4.79 Å². The van der Waals surface area contributed by atoms with E-state index in [9.17, 15) is 18.4 Å². The van der Waals surface area contributed by atoms with Gasteiger partial charge >= 0.3 is 5.97 Å². The molecule has 0 unspecified atom stereocenters. The average Bonchev–Trinajstić information content (AvgIpc) is 2.69. The highest BCUT2D eigenvalue weighted by Crippen LogP contribution is 2.25. The van der Waals surface area contributed by atoms with Crippen molar-refractivity contribution in [2.24, 2.45) is 11.8 Å². The number of benzene rings is 1. The number of carboxylic acid groups (broad SMARTS) is 1. The van der Waals surface area contributed by atoms with Gasteiger partial charge in [0.25, 0.3) is 5.91 Å². The minimum absolute atomic E-state index is 0.0630. The second-order valence-electron chi connectivity index (χ2n) is 4.79. The topological polar surface area (TPSA) is 57.6 Å². The maximum atomic E-state index is 13.1. The van der Waals surface area contributed by atoms with Crippen molar-refractivity contribution in [3.05, 3.63) is 35.4 Å². The number of carboxylic acids is 1. The van der Waals surface area contributed by atoms with E-state index in [0.717, 1.165) is 12.1 Å². The van der Waals surface area contributed by atoms with E-state index in [2.05, 4.69) is 0 Å². The van der Waals surface area contributed by atoms with Crippen LogP contribution in [0.15, 0.2) is 18.2 Å². The molecule has 0 bridgehead atoms. The summed E-state index contributed by atoms with van der Waals surface area (Å²) in [5.41, 5.74) is -0.101. The number of aliphatic carboxylic acids is 1. The molecule has 0 aliphatic carbocycles. The summed E-state index contributed by atoms with van der Waals surface area (Å²) in [7, 11) is 0. The van der Waals surface area contributed by atoms with Crippen LogP contribution in [0.25, 0.3) is 0 Å². The summed E-state index contributed by atoms with van der Waals surface area (Å²) < 4.78 is 26.1. The lowest BCUT2D eigenvalue weighted by molar-refractivity contribution is -0.142. The molecule has 4 nitrogen and oxygen atoms in total. The quantitative estimate of drug-likeness (QED) is 0.890. The first-order valence-corrected chi connectivity index (χ1v) is 5.86. The van der Waals surface area contributed by atoms with Crippen molar-refractivity contribution in [3.63, 3.8) is 0 Å². The standard InChI is InChI=1S/C13H13F2NO3/c1-7-5-16(6-11(7)13(18)19)12(17)8-2-9(14)4-10(15)3-8/h2-4,7,11H,5-6H2,1H3,(H,18,19)/t7-,11-/m1/s1. The molecule has 1 amide bonds. The van der Waals surface area contributed by atoms with Gasteiger partial charge in [0.05, 0.1) is 5.92 Å². The molecule has 0 saturated carbocycles. The van der Waals surface area contributed by atoms with Crippen LogP contribution in [0.3, 0.4) is 0 Å². The Morgan fingerprint density at radius 1 is 1.21 bits per heavy atom. The van der Waals surface area contributed by atoms with Crippen LogP contribution in [0.1, 0.15) is 17.3 Å². The minimum Gasteiger partial charge on any atom is -0.481 e. The number of halogens is 2. The molecule has 1 heterocycles. The van der Waals surface area contributed by atoms with Crippen molar-refractivity contribution < 1.29 is 23.5 Å². The highest BCUT2D eigenvalue weighted by atomic mass is 19.1. The highest BCUT2D eigenvalue weighted by molar-refractivity contribution is 5.94. The highest BCUT2D eigenvalue weighted by Gasteiger charge is 2.37. The summed E-state index contributed by atoms with van der Waals surface area (Å²) in [6, 6.07) is 2.58. The van der Waals surface area contributed by atoms with Gasteiger partial charge in [0, 0.05) is 24.7 Å². The fourth-order valence-electron chi connectivity index (χ4n) is 2.31. The van der Waals surface area contributed by atoms with E-state index in [1.807, 2.05) is 0 Å². The molecule has 2 rings (SSSR count). The van der Waals surface area contributed by atoms with Crippen LogP contribution in [0.4, 0.5) is 8.78 Å². The van der Waals surface area contributed by atoms with Gasteiger partial charge in [-0.1, -0.05) is 6.92 Å². The number of amides is 1. The van der Waals surface area contributed by atoms with E-state index < -0.39 is 29.4 Å². The summed E-state index contributed by atoms with van der Waals surface area (Å²) in [5, 5.41) is 8.98. The number of likely N-dealkylation sites (tertiary alicyclic amines) is 1. The molecule has 1 aromatic rings. The first-order valence-electron chi connectivity index (χ1n) is 5.86. The van der Waals surface area contributed by atoms with Crippen molar-refractivity contribution in [1.29, 1.82) is 0 Å². The van der Waals surface area contributed by atoms with Gasteiger partial charge in [-0.2, -0.15) is 0 Å². The lowest BCUT2D eigenvalue weighted by Gasteiger charge is -2.16. The molecule has 1 N–H and O–H groups in total. The molecule has 1 aliphatic rings. The molecular formula is C13H13F2NO3. The Morgan fingerprint density at radius 2 is 1.79 bits per heavy atom. The van der Waals surface area contributed by atoms with E-state index in [1.54, 1.807) is 6.92 Å². The van der Waals surface area contributed by atoms with Gasteiger partial charge in [0.15, 0.2) is 0 Å². The smallest absolute Gasteiger partial charge is 0.308 e. The van der Waals surface area contributed by atoms with E-state index in [4.69, 9.17) is 5.11 Å². The zero-order valence-electron chi connectivity index (χ0n) is 10.3. The molecule has 1 fully saturated rings. The van der Waals surface area contributed by atoms with Crippen molar-refractivity contribution in [2.75, 3.05) is 13.1 Å².